The number of para-hydroxylation sites is 1. The van der Waals surface area contributed by atoms with Crippen molar-refractivity contribution in [3.63, 3.8) is 0 Å². The van der Waals surface area contributed by atoms with Gasteiger partial charge in [-0.05, 0) is 43.9 Å². The van der Waals surface area contributed by atoms with Gasteiger partial charge in [0.2, 0.25) is 5.91 Å². The Morgan fingerprint density at radius 3 is 2.62 bits per heavy atom. The number of amides is 1. The highest BCUT2D eigenvalue weighted by Gasteiger charge is 2.43. The third kappa shape index (κ3) is 4.18. The first-order chi connectivity index (χ1) is 16.5. The third-order valence-corrected chi connectivity index (χ3v) is 8.38. The van der Waals surface area contributed by atoms with Crippen molar-refractivity contribution in [1.82, 2.24) is 9.55 Å². The van der Waals surface area contributed by atoms with Crippen molar-refractivity contribution in [1.29, 1.82) is 0 Å². The van der Waals surface area contributed by atoms with Crippen molar-refractivity contribution in [2.24, 2.45) is 0 Å². The summed E-state index contributed by atoms with van der Waals surface area (Å²) in [6.45, 7) is 2.49. The number of halogens is 1. The molecule has 2 aliphatic rings. The van der Waals surface area contributed by atoms with Crippen LogP contribution < -0.4 is 10.9 Å². The van der Waals surface area contributed by atoms with E-state index in [2.05, 4.69) is 23.5 Å². The van der Waals surface area contributed by atoms with Crippen molar-refractivity contribution >= 4 is 35.0 Å². The van der Waals surface area contributed by atoms with Gasteiger partial charge in [-0.3, -0.25) is 14.2 Å². The van der Waals surface area contributed by atoms with Gasteiger partial charge in [0.1, 0.15) is 0 Å². The van der Waals surface area contributed by atoms with Gasteiger partial charge in [-0.1, -0.05) is 79.0 Å². The second-order valence-corrected chi connectivity index (χ2v) is 10.5. The van der Waals surface area contributed by atoms with E-state index < -0.39 is 0 Å². The van der Waals surface area contributed by atoms with E-state index in [1.807, 2.05) is 25.1 Å². The van der Waals surface area contributed by atoms with Gasteiger partial charge < -0.3 is 5.32 Å². The molecule has 1 saturated carbocycles. The number of aromatic nitrogens is 2. The van der Waals surface area contributed by atoms with E-state index in [1.165, 1.54) is 23.7 Å². The predicted octanol–water partition coefficient (Wildman–Crippen LogP) is 6.07. The Morgan fingerprint density at radius 2 is 1.85 bits per heavy atom. The lowest BCUT2D eigenvalue weighted by atomic mass is 9.62. The summed E-state index contributed by atoms with van der Waals surface area (Å²) in [6.07, 6.45) is 6.48. The SMILES string of the molecule is CCn1c(SCC(=O)Nc2ccccc2Cl)nc2c(c1=O)C1(CCCCC1)Cc1ccccc1-2. The van der Waals surface area contributed by atoms with Gasteiger partial charge >= 0.3 is 0 Å². The van der Waals surface area contributed by atoms with E-state index in [1.54, 1.807) is 16.7 Å². The van der Waals surface area contributed by atoms with Crippen LogP contribution in [0.4, 0.5) is 5.69 Å². The van der Waals surface area contributed by atoms with Gasteiger partial charge in [0.15, 0.2) is 5.16 Å². The van der Waals surface area contributed by atoms with Gasteiger partial charge in [0.25, 0.3) is 5.56 Å². The molecule has 1 aromatic heterocycles. The summed E-state index contributed by atoms with van der Waals surface area (Å²) in [5.41, 5.74) is 4.52. The molecule has 1 N–H and O–H groups in total. The van der Waals surface area contributed by atoms with E-state index in [-0.39, 0.29) is 22.6 Å². The fraction of sp³-hybridized carbons (Fsp3) is 0.370. The maximum absolute atomic E-state index is 13.9. The molecule has 1 amide bonds. The van der Waals surface area contributed by atoms with Gasteiger partial charge in [0.05, 0.1) is 27.7 Å². The minimum Gasteiger partial charge on any atom is -0.324 e. The number of benzene rings is 2. The Kier molecular flexibility index (Phi) is 6.54. The normalized spacial score (nSPS) is 16.1. The number of fused-ring (bicyclic) bond motifs is 4. The fourth-order valence-electron chi connectivity index (χ4n) is 5.49. The summed E-state index contributed by atoms with van der Waals surface area (Å²) < 4.78 is 1.75. The third-order valence-electron chi connectivity index (χ3n) is 7.07. The Morgan fingerprint density at radius 1 is 1.12 bits per heavy atom. The molecule has 5 nitrogen and oxygen atoms in total. The highest BCUT2D eigenvalue weighted by Crippen LogP contribution is 2.48. The Balaban J connectivity index is 1.52. The first kappa shape index (κ1) is 23.2. The van der Waals surface area contributed by atoms with Crippen LogP contribution in [0, 0.1) is 0 Å². The Bertz CT molecular complexity index is 1300. The highest BCUT2D eigenvalue weighted by atomic mass is 35.5. The average Bonchev–Trinajstić information content (AvgIpc) is 2.84. The van der Waals surface area contributed by atoms with Crippen LogP contribution in [-0.4, -0.2) is 21.2 Å². The lowest BCUT2D eigenvalue weighted by molar-refractivity contribution is -0.113. The maximum atomic E-state index is 13.9. The van der Waals surface area contributed by atoms with Gasteiger partial charge in [-0.25, -0.2) is 4.98 Å². The van der Waals surface area contributed by atoms with Crippen LogP contribution in [-0.2, 0) is 23.2 Å². The van der Waals surface area contributed by atoms with Crippen molar-refractivity contribution in [3.8, 4) is 11.3 Å². The summed E-state index contributed by atoms with van der Waals surface area (Å²) in [4.78, 5) is 31.6. The number of anilines is 1. The topological polar surface area (TPSA) is 64.0 Å². The maximum Gasteiger partial charge on any atom is 0.258 e. The molecular formula is C27H28ClN3O2S. The zero-order valence-electron chi connectivity index (χ0n) is 19.3. The standard InChI is InChI=1S/C27H28ClN3O2S/c1-2-31-25(33)23-24(19-11-5-4-10-18(19)16-27(23)14-8-3-9-15-27)30-26(31)34-17-22(32)29-21-13-7-6-12-20(21)28/h4-7,10-13H,2-3,8-9,14-17H2,1H3,(H,29,32). The number of nitrogens with zero attached hydrogens (tertiary/aromatic N) is 2. The van der Waals surface area contributed by atoms with Gasteiger partial charge in [-0.2, -0.15) is 0 Å². The zero-order chi connectivity index (χ0) is 23.7. The molecule has 0 saturated heterocycles. The molecule has 5 rings (SSSR count). The van der Waals surface area contributed by atoms with Crippen LogP contribution in [0.25, 0.3) is 11.3 Å². The van der Waals surface area contributed by atoms with Crippen molar-refractivity contribution in [2.45, 2.75) is 62.6 Å². The van der Waals surface area contributed by atoms with Gasteiger partial charge in [-0.15, -0.1) is 0 Å². The number of rotatable bonds is 5. The minimum absolute atomic E-state index is 0.0536. The van der Waals surface area contributed by atoms with Crippen LogP contribution in [0.1, 0.15) is 50.2 Å². The van der Waals surface area contributed by atoms with Crippen LogP contribution in [0.15, 0.2) is 58.5 Å². The largest absolute Gasteiger partial charge is 0.324 e. The molecule has 1 spiro atoms. The minimum atomic E-state index is -0.183. The molecule has 2 aromatic carbocycles. The summed E-state index contributed by atoms with van der Waals surface area (Å²) in [5, 5.41) is 3.93. The lowest BCUT2D eigenvalue weighted by Crippen LogP contribution is -2.43. The lowest BCUT2D eigenvalue weighted by Gasteiger charge is -2.42. The quantitative estimate of drug-likeness (QED) is 0.346. The molecule has 0 atom stereocenters. The summed E-state index contributed by atoms with van der Waals surface area (Å²) >= 11 is 7.47. The molecule has 3 aromatic rings. The summed E-state index contributed by atoms with van der Waals surface area (Å²) in [5.74, 6) is -0.0413. The molecule has 7 heteroatoms. The van der Waals surface area contributed by atoms with E-state index in [4.69, 9.17) is 16.6 Å². The molecule has 0 unspecified atom stereocenters. The first-order valence-corrected chi connectivity index (χ1v) is 13.3. The molecule has 1 heterocycles. The summed E-state index contributed by atoms with van der Waals surface area (Å²) in [7, 11) is 0. The van der Waals surface area contributed by atoms with E-state index in [0.29, 0.717) is 22.4 Å². The summed E-state index contributed by atoms with van der Waals surface area (Å²) in [6, 6.07) is 15.5. The van der Waals surface area contributed by atoms with E-state index >= 15 is 0 Å². The number of carbonyl (C=O) groups is 1. The van der Waals surface area contributed by atoms with Gasteiger partial charge in [0, 0.05) is 17.5 Å². The van der Waals surface area contributed by atoms with Crippen LogP contribution in [0.2, 0.25) is 5.02 Å². The molecular weight excluding hydrogens is 466 g/mol. The molecule has 176 valence electrons. The highest BCUT2D eigenvalue weighted by molar-refractivity contribution is 7.99. The number of hydrogen-bond acceptors (Lipinski definition) is 4. The zero-order valence-corrected chi connectivity index (χ0v) is 20.8. The predicted molar refractivity (Wildman–Crippen MR) is 139 cm³/mol. The van der Waals surface area contributed by atoms with Crippen molar-refractivity contribution in [2.75, 3.05) is 11.1 Å². The molecule has 0 bridgehead atoms. The Hall–Kier alpha value is -2.57. The molecule has 1 fully saturated rings. The number of carbonyl (C=O) groups excluding carboxylic acids is 1. The smallest absolute Gasteiger partial charge is 0.258 e. The monoisotopic (exact) mass is 493 g/mol. The second-order valence-electron chi connectivity index (χ2n) is 9.16. The second kappa shape index (κ2) is 9.59. The van der Waals surface area contributed by atoms with Crippen molar-refractivity contribution < 1.29 is 4.79 Å². The molecule has 2 aliphatic carbocycles. The average molecular weight is 494 g/mol. The number of thioether (sulfide) groups is 1. The first-order valence-electron chi connectivity index (χ1n) is 11.9. The molecule has 34 heavy (non-hydrogen) atoms. The molecule has 0 radical (unpaired) electrons. The fourth-order valence-corrected chi connectivity index (χ4v) is 6.53. The van der Waals surface area contributed by atoms with Crippen molar-refractivity contribution in [3.05, 3.63) is 75.0 Å². The molecule has 0 aliphatic heterocycles. The van der Waals surface area contributed by atoms with E-state index in [9.17, 15) is 9.59 Å². The van der Waals surface area contributed by atoms with E-state index in [0.717, 1.165) is 48.9 Å². The Labute approximate surface area is 208 Å². The van der Waals surface area contributed by atoms with Crippen LogP contribution >= 0.6 is 23.4 Å². The number of hydrogen-bond donors (Lipinski definition) is 1. The van der Waals surface area contributed by atoms with Crippen LogP contribution in [0.5, 0.6) is 0 Å². The number of nitrogens with one attached hydrogen (secondary N) is 1. The van der Waals surface area contributed by atoms with Crippen LogP contribution in [0.3, 0.4) is 0 Å².